The van der Waals surface area contributed by atoms with E-state index in [1.54, 1.807) is 4.90 Å². The maximum atomic E-state index is 12.0. The average Bonchev–Trinajstić information content (AvgIpc) is 2.28. The van der Waals surface area contributed by atoms with Gasteiger partial charge in [-0.2, -0.15) is 0 Å². The molecule has 1 aliphatic heterocycles. The Balaban J connectivity index is 2.43. The van der Waals surface area contributed by atoms with Crippen LogP contribution in [0.3, 0.4) is 0 Å². The molecule has 15 heavy (non-hydrogen) atoms. The lowest BCUT2D eigenvalue weighted by atomic mass is 10.1. The van der Waals surface area contributed by atoms with Crippen molar-refractivity contribution in [2.75, 3.05) is 11.4 Å². The molecule has 0 saturated heterocycles. The second-order valence-corrected chi connectivity index (χ2v) is 3.56. The number of amides is 1. The van der Waals surface area contributed by atoms with Gasteiger partial charge in [-0.15, -0.1) is 0 Å². The predicted molar refractivity (Wildman–Crippen MR) is 59.2 cm³/mol. The Hall–Kier alpha value is -1.51. The highest BCUT2D eigenvalue weighted by molar-refractivity contribution is 5.99. The topological polar surface area (TPSA) is 29.5 Å². The lowest BCUT2D eigenvalue weighted by Gasteiger charge is -2.33. The lowest BCUT2D eigenvalue weighted by Crippen LogP contribution is -2.45. The van der Waals surface area contributed by atoms with Crippen LogP contribution in [-0.2, 0) is 4.79 Å². The van der Waals surface area contributed by atoms with Crippen LogP contribution in [0, 0.1) is 0 Å². The first-order valence-corrected chi connectivity index (χ1v) is 5.35. The largest absolute Gasteiger partial charge is 0.478 e. The Bertz CT molecular complexity index is 376. The van der Waals surface area contributed by atoms with E-state index in [-0.39, 0.29) is 12.0 Å². The van der Waals surface area contributed by atoms with E-state index in [1.165, 1.54) is 0 Å². The quantitative estimate of drug-likeness (QED) is 0.740. The molecule has 1 aromatic carbocycles. The number of rotatable bonds is 2. The predicted octanol–water partition coefficient (Wildman–Crippen LogP) is 2.21. The molecule has 0 unspecified atom stereocenters. The molecule has 3 heteroatoms. The van der Waals surface area contributed by atoms with Gasteiger partial charge in [0.1, 0.15) is 5.75 Å². The van der Waals surface area contributed by atoms with Gasteiger partial charge in [-0.05, 0) is 25.5 Å². The third-order valence-corrected chi connectivity index (χ3v) is 2.65. The summed E-state index contributed by atoms with van der Waals surface area (Å²) in [4.78, 5) is 13.7. The van der Waals surface area contributed by atoms with Crippen molar-refractivity contribution in [2.24, 2.45) is 0 Å². The van der Waals surface area contributed by atoms with E-state index in [1.807, 2.05) is 38.1 Å². The zero-order valence-corrected chi connectivity index (χ0v) is 9.06. The van der Waals surface area contributed by atoms with Crippen LogP contribution in [0.1, 0.15) is 20.3 Å². The summed E-state index contributed by atoms with van der Waals surface area (Å²) in [5.41, 5.74) is 0.884. The van der Waals surface area contributed by atoms with E-state index in [0.717, 1.165) is 11.4 Å². The highest BCUT2D eigenvalue weighted by Crippen LogP contribution is 2.33. The standard InChI is InChI=1S/C12H15NO2/c1-3-10-12(14)13(4-2)9-7-5-6-8-11(9)15-10/h5-8,10H,3-4H2,1-2H3/t10-/m1/s1. The molecular weight excluding hydrogens is 190 g/mol. The Morgan fingerprint density at radius 2 is 2.07 bits per heavy atom. The van der Waals surface area contributed by atoms with E-state index in [0.29, 0.717) is 13.0 Å². The van der Waals surface area contributed by atoms with Crippen molar-refractivity contribution in [3.8, 4) is 5.75 Å². The molecule has 0 aliphatic carbocycles. The van der Waals surface area contributed by atoms with Crippen molar-refractivity contribution in [3.63, 3.8) is 0 Å². The van der Waals surface area contributed by atoms with Crippen LogP contribution in [-0.4, -0.2) is 18.6 Å². The average molecular weight is 205 g/mol. The summed E-state index contributed by atoms with van der Waals surface area (Å²) in [6, 6.07) is 7.68. The van der Waals surface area contributed by atoms with Crippen LogP contribution in [0.15, 0.2) is 24.3 Å². The van der Waals surface area contributed by atoms with Gasteiger partial charge in [0.05, 0.1) is 5.69 Å². The van der Waals surface area contributed by atoms with E-state index < -0.39 is 0 Å². The number of anilines is 1. The van der Waals surface area contributed by atoms with Gasteiger partial charge in [-0.1, -0.05) is 19.1 Å². The van der Waals surface area contributed by atoms with Gasteiger partial charge < -0.3 is 9.64 Å². The number of para-hydroxylation sites is 2. The molecule has 0 aromatic heterocycles. The first-order valence-electron chi connectivity index (χ1n) is 5.35. The maximum Gasteiger partial charge on any atom is 0.268 e. The normalized spacial score (nSPS) is 19.7. The Morgan fingerprint density at radius 3 is 2.73 bits per heavy atom. The van der Waals surface area contributed by atoms with Crippen LogP contribution in [0.4, 0.5) is 5.69 Å². The molecule has 1 aromatic rings. The van der Waals surface area contributed by atoms with Crippen molar-refractivity contribution in [1.82, 2.24) is 0 Å². The molecule has 1 aliphatic rings. The summed E-state index contributed by atoms with van der Waals surface area (Å²) in [7, 11) is 0. The number of carbonyl (C=O) groups is 1. The number of fused-ring (bicyclic) bond motifs is 1. The monoisotopic (exact) mass is 205 g/mol. The van der Waals surface area contributed by atoms with Crippen LogP contribution < -0.4 is 9.64 Å². The van der Waals surface area contributed by atoms with Gasteiger partial charge in [0, 0.05) is 6.54 Å². The second-order valence-electron chi connectivity index (χ2n) is 3.56. The first kappa shape index (κ1) is 10.0. The Kier molecular flexibility index (Phi) is 2.62. The SMILES string of the molecule is CC[C@H]1Oc2ccccc2N(CC)C1=O. The second kappa shape index (κ2) is 3.93. The number of ether oxygens (including phenoxy) is 1. The van der Waals surface area contributed by atoms with Gasteiger partial charge in [0.2, 0.25) is 0 Å². The van der Waals surface area contributed by atoms with Crippen molar-refractivity contribution >= 4 is 11.6 Å². The number of hydrogen-bond acceptors (Lipinski definition) is 2. The fourth-order valence-corrected chi connectivity index (χ4v) is 1.86. The summed E-state index contributed by atoms with van der Waals surface area (Å²) < 4.78 is 5.63. The molecule has 0 spiro atoms. The molecule has 0 fully saturated rings. The molecule has 2 rings (SSSR count). The highest BCUT2D eigenvalue weighted by atomic mass is 16.5. The summed E-state index contributed by atoms with van der Waals surface area (Å²) in [6.07, 6.45) is 0.392. The van der Waals surface area contributed by atoms with Crippen molar-refractivity contribution in [2.45, 2.75) is 26.4 Å². The lowest BCUT2D eigenvalue weighted by molar-refractivity contribution is -0.126. The fourth-order valence-electron chi connectivity index (χ4n) is 1.86. The van der Waals surface area contributed by atoms with Crippen molar-refractivity contribution in [3.05, 3.63) is 24.3 Å². The number of benzene rings is 1. The number of hydrogen-bond donors (Lipinski definition) is 0. The van der Waals surface area contributed by atoms with E-state index in [2.05, 4.69) is 0 Å². The van der Waals surface area contributed by atoms with Crippen LogP contribution in [0.5, 0.6) is 5.75 Å². The molecule has 0 bridgehead atoms. The minimum Gasteiger partial charge on any atom is -0.478 e. The minimum absolute atomic E-state index is 0.0682. The number of likely N-dealkylation sites (N-methyl/N-ethyl adjacent to an activating group) is 1. The zero-order valence-electron chi connectivity index (χ0n) is 9.06. The first-order chi connectivity index (χ1) is 7.27. The minimum atomic E-state index is -0.320. The van der Waals surface area contributed by atoms with Crippen LogP contribution >= 0.6 is 0 Å². The Labute approximate surface area is 89.7 Å². The van der Waals surface area contributed by atoms with Gasteiger partial charge in [-0.25, -0.2) is 0 Å². The maximum absolute atomic E-state index is 12.0. The van der Waals surface area contributed by atoms with Gasteiger partial charge in [0.15, 0.2) is 6.10 Å². The summed E-state index contributed by atoms with van der Waals surface area (Å²) in [5.74, 6) is 0.879. The summed E-state index contributed by atoms with van der Waals surface area (Å²) in [5, 5.41) is 0. The van der Waals surface area contributed by atoms with Gasteiger partial charge >= 0.3 is 0 Å². The third-order valence-electron chi connectivity index (χ3n) is 2.65. The molecule has 80 valence electrons. The fraction of sp³-hybridized carbons (Fsp3) is 0.417. The van der Waals surface area contributed by atoms with Crippen LogP contribution in [0.2, 0.25) is 0 Å². The van der Waals surface area contributed by atoms with E-state index in [4.69, 9.17) is 4.74 Å². The van der Waals surface area contributed by atoms with Gasteiger partial charge in [-0.3, -0.25) is 4.79 Å². The number of nitrogens with zero attached hydrogens (tertiary/aromatic N) is 1. The molecule has 1 amide bonds. The zero-order chi connectivity index (χ0) is 10.8. The third kappa shape index (κ3) is 1.58. The smallest absolute Gasteiger partial charge is 0.268 e. The molecule has 1 atom stereocenters. The summed E-state index contributed by atoms with van der Waals surface area (Å²) in [6.45, 7) is 4.63. The van der Waals surface area contributed by atoms with E-state index >= 15 is 0 Å². The molecule has 0 radical (unpaired) electrons. The molecule has 0 N–H and O–H groups in total. The Morgan fingerprint density at radius 1 is 1.33 bits per heavy atom. The van der Waals surface area contributed by atoms with Crippen molar-refractivity contribution in [1.29, 1.82) is 0 Å². The molecule has 0 saturated carbocycles. The van der Waals surface area contributed by atoms with E-state index in [9.17, 15) is 4.79 Å². The van der Waals surface area contributed by atoms with Crippen LogP contribution in [0.25, 0.3) is 0 Å². The summed E-state index contributed by atoms with van der Waals surface area (Å²) >= 11 is 0. The molecule has 1 heterocycles. The van der Waals surface area contributed by atoms with Gasteiger partial charge in [0.25, 0.3) is 5.91 Å². The van der Waals surface area contributed by atoms with Crippen molar-refractivity contribution < 1.29 is 9.53 Å². The molecular formula is C12H15NO2. The molecule has 3 nitrogen and oxygen atoms in total. The highest BCUT2D eigenvalue weighted by Gasteiger charge is 2.31. The number of carbonyl (C=O) groups excluding carboxylic acids is 1.